The molecule has 0 fully saturated rings. The number of hydrogen-bond acceptors (Lipinski definition) is 1. The average Bonchev–Trinajstić information content (AvgIpc) is 2.37. The number of rotatable bonds is 2. The molecule has 60 valence electrons. The van der Waals surface area contributed by atoms with Gasteiger partial charge < -0.3 is 0 Å². The van der Waals surface area contributed by atoms with Crippen LogP contribution in [0, 0.1) is 6.92 Å². The Morgan fingerprint density at radius 1 is 1.82 bits per heavy atom. The lowest BCUT2D eigenvalue weighted by Crippen LogP contribution is -2.02. The van der Waals surface area contributed by atoms with Crippen LogP contribution in [0.3, 0.4) is 0 Å². The van der Waals surface area contributed by atoms with Crippen LogP contribution in [0.15, 0.2) is 23.4 Å². The summed E-state index contributed by atoms with van der Waals surface area (Å²) >= 11 is 5.52. The van der Waals surface area contributed by atoms with Crippen molar-refractivity contribution in [3.05, 3.63) is 29.1 Å². The van der Waals surface area contributed by atoms with Gasteiger partial charge in [-0.05, 0) is 25.5 Å². The fraction of sp³-hybridized carbons (Fsp3) is 0.375. The number of allylic oxidation sites excluding steroid dienone is 1. The molecule has 1 rings (SSSR count). The van der Waals surface area contributed by atoms with E-state index in [9.17, 15) is 0 Å². The van der Waals surface area contributed by atoms with Crippen molar-refractivity contribution in [1.82, 2.24) is 9.78 Å². The van der Waals surface area contributed by atoms with Gasteiger partial charge in [0.2, 0.25) is 0 Å². The summed E-state index contributed by atoms with van der Waals surface area (Å²) in [6, 6.07) is 1.97. The van der Waals surface area contributed by atoms with Gasteiger partial charge in [-0.2, -0.15) is 5.10 Å². The van der Waals surface area contributed by atoms with Gasteiger partial charge >= 0.3 is 0 Å². The predicted molar refractivity (Wildman–Crippen MR) is 46.6 cm³/mol. The Hall–Kier alpha value is -0.760. The number of aryl methyl sites for hydroxylation is 1. The van der Waals surface area contributed by atoms with Crippen LogP contribution in [0.4, 0.5) is 0 Å². The Bertz CT molecular complexity index is 263. The molecule has 0 unspecified atom stereocenters. The predicted octanol–water partition coefficient (Wildman–Crippen LogP) is 2.33. The van der Waals surface area contributed by atoms with Crippen molar-refractivity contribution in [3.8, 4) is 0 Å². The van der Waals surface area contributed by atoms with Crippen LogP contribution < -0.4 is 0 Å². The molecule has 0 bridgehead atoms. The molecule has 0 spiro atoms. The molecule has 0 saturated heterocycles. The molecule has 0 saturated carbocycles. The monoisotopic (exact) mass is 170 g/mol. The third-order valence-electron chi connectivity index (χ3n) is 1.51. The third kappa shape index (κ3) is 2.09. The van der Waals surface area contributed by atoms with E-state index >= 15 is 0 Å². The van der Waals surface area contributed by atoms with Gasteiger partial charge in [-0.1, -0.05) is 11.6 Å². The summed E-state index contributed by atoms with van der Waals surface area (Å²) in [4.78, 5) is 0. The van der Waals surface area contributed by atoms with E-state index in [4.69, 9.17) is 11.6 Å². The highest BCUT2D eigenvalue weighted by Crippen LogP contribution is 2.02. The Labute approximate surface area is 71.5 Å². The van der Waals surface area contributed by atoms with Gasteiger partial charge in [0.05, 0.1) is 6.54 Å². The molecule has 0 amide bonds. The van der Waals surface area contributed by atoms with Gasteiger partial charge in [0.15, 0.2) is 0 Å². The molecule has 0 radical (unpaired) electrons. The van der Waals surface area contributed by atoms with Crippen LogP contribution in [0.1, 0.15) is 12.6 Å². The Morgan fingerprint density at radius 2 is 2.55 bits per heavy atom. The van der Waals surface area contributed by atoms with Crippen molar-refractivity contribution in [2.75, 3.05) is 0 Å². The quantitative estimate of drug-likeness (QED) is 0.666. The van der Waals surface area contributed by atoms with E-state index in [1.165, 1.54) is 0 Å². The maximum Gasteiger partial charge on any atom is 0.0631 e. The highest BCUT2D eigenvalue weighted by Gasteiger charge is 1.95. The lowest BCUT2D eigenvalue weighted by molar-refractivity contribution is 0.657. The van der Waals surface area contributed by atoms with Crippen LogP contribution >= 0.6 is 11.6 Å². The highest BCUT2D eigenvalue weighted by atomic mass is 35.5. The van der Waals surface area contributed by atoms with Crippen molar-refractivity contribution >= 4 is 11.6 Å². The van der Waals surface area contributed by atoms with Crippen molar-refractivity contribution in [2.45, 2.75) is 20.4 Å². The molecule has 11 heavy (non-hydrogen) atoms. The Morgan fingerprint density at radius 3 is 3.00 bits per heavy atom. The molecule has 1 aromatic rings. The number of hydrogen-bond donors (Lipinski definition) is 0. The first-order chi connectivity index (χ1) is 5.24. The molecule has 3 heteroatoms. The number of halogens is 1. The van der Waals surface area contributed by atoms with Gasteiger partial charge in [0.1, 0.15) is 0 Å². The molecule has 1 heterocycles. The third-order valence-corrected chi connectivity index (χ3v) is 1.89. The zero-order valence-corrected chi connectivity index (χ0v) is 7.47. The van der Waals surface area contributed by atoms with Crippen LogP contribution in [0.25, 0.3) is 0 Å². The first kappa shape index (κ1) is 8.34. The molecular weight excluding hydrogens is 160 g/mol. The van der Waals surface area contributed by atoms with E-state index in [-0.39, 0.29) is 0 Å². The molecule has 0 N–H and O–H groups in total. The standard InChI is InChI=1S/C8H11ClN2/c1-7(5-9)6-11-8(2)3-4-10-11/h3-5H,6H2,1-2H3/b7-5-. The van der Waals surface area contributed by atoms with Crippen molar-refractivity contribution in [3.63, 3.8) is 0 Å². The molecular formula is C8H11ClN2. The maximum atomic E-state index is 5.52. The zero-order chi connectivity index (χ0) is 8.27. The number of aromatic nitrogens is 2. The molecule has 0 aliphatic rings. The van der Waals surface area contributed by atoms with Crippen LogP contribution in [-0.4, -0.2) is 9.78 Å². The van der Waals surface area contributed by atoms with E-state index in [0.29, 0.717) is 0 Å². The van der Waals surface area contributed by atoms with Gasteiger partial charge in [0, 0.05) is 17.4 Å². The fourth-order valence-corrected chi connectivity index (χ4v) is 0.904. The first-order valence-electron chi connectivity index (χ1n) is 3.48. The van der Waals surface area contributed by atoms with Gasteiger partial charge in [-0.25, -0.2) is 0 Å². The molecule has 1 aromatic heterocycles. The van der Waals surface area contributed by atoms with E-state index in [1.807, 2.05) is 24.6 Å². The van der Waals surface area contributed by atoms with Crippen molar-refractivity contribution in [2.24, 2.45) is 0 Å². The molecule has 2 nitrogen and oxygen atoms in total. The molecule has 0 atom stereocenters. The highest BCUT2D eigenvalue weighted by molar-refractivity contribution is 6.25. The topological polar surface area (TPSA) is 17.8 Å². The zero-order valence-electron chi connectivity index (χ0n) is 6.71. The number of nitrogens with zero attached hydrogens (tertiary/aromatic N) is 2. The fourth-order valence-electron chi connectivity index (χ4n) is 0.835. The molecule has 0 aliphatic carbocycles. The summed E-state index contributed by atoms with van der Waals surface area (Å²) in [5, 5.41) is 4.12. The largest absolute Gasteiger partial charge is 0.266 e. The first-order valence-corrected chi connectivity index (χ1v) is 3.92. The lowest BCUT2D eigenvalue weighted by Gasteiger charge is -2.02. The minimum absolute atomic E-state index is 0.780. The normalized spacial score (nSPS) is 12.1. The van der Waals surface area contributed by atoms with E-state index < -0.39 is 0 Å². The van der Waals surface area contributed by atoms with E-state index in [1.54, 1.807) is 11.7 Å². The SMILES string of the molecule is C/C(=C/Cl)Cn1nccc1C. The Balaban J connectivity index is 2.72. The lowest BCUT2D eigenvalue weighted by atomic mass is 10.3. The van der Waals surface area contributed by atoms with Crippen LogP contribution in [-0.2, 0) is 6.54 Å². The smallest absolute Gasteiger partial charge is 0.0631 e. The Kier molecular flexibility index (Phi) is 2.71. The summed E-state index contributed by atoms with van der Waals surface area (Å²) in [5.74, 6) is 0. The second kappa shape index (κ2) is 3.58. The summed E-state index contributed by atoms with van der Waals surface area (Å²) in [6.45, 7) is 4.78. The van der Waals surface area contributed by atoms with Gasteiger partial charge in [-0.15, -0.1) is 0 Å². The van der Waals surface area contributed by atoms with Gasteiger partial charge in [0.25, 0.3) is 0 Å². The van der Waals surface area contributed by atoms with E-state index in [2.05, 4.69) is 5.10 Å². The van der Waals surface area contributed by atoms with Crippen molar-refractivity contribution in [1.29, 1.82) is 0 Å². The summed E-state index contributed by atoms with van der Waals surface area (Å²) in [5.41, 5.74) is 3.85. The van der Waals surface area contributed by atoms with Gasteiger partial charge in [-0.3, -0.25) is 4.68 Å². The second-order valence-electron chi connectivity index (χ2n) is 2.59. The molecule has 0 aliphatic heterocycles. The summed E-state index contributed by atoms with van der Waals surface area (Å²) in [7, 11) is 0. The average molecular weight is 171 g/mol. The van der Waals surface area contributed by atoms with E-state index in [0.717, 1.165) is 17.8 Å². The summed E-state index contributed by atoms with van der Waals surface area (Å²) in [6.07, 6.45) is 1.79. The maximum absolute atomic E-state index is 5.52. The molecule has 0 aromatic carbocycles. The second-order valence-corrected chi connectivity index (χ2v) is 2.80. The minimum atomic E-state index is 0.780. The summed E-state index contributed by atoms with van der Waals surface area (Å²) < 4.78 is 1.91. The van der Waals surface area contributed by atoms with Crippen LogP contribution in [0.5, 0.6) is 0 Å². The van der Waals surface area contributed by atoms with Crippen molar-refractivity contribution < 1.29 is 0 Å². The minimum Gasteiger partial charge on any atom is -0.266 e. The van der Waals surface area contributed by atoms with Crippen LogP contribution in [0.2, 0.25) is 0 Å².